The van der Waals surface area contributed by atoms with E-state index in [1.54, 1.807) is 6.07 Å². The second-order valence-corrected chi connectivity index (χ2v) is 7.47. The lowest BCUT2D eigenvalue weighted by atomic mass is 9.99. The van der Waals surface area contributed by atoms with Crippen molar-refractivity contribution in [2.75, 3.05) is 39.8 Å². The monoisotopic (exact) mass is 376 g/mol. The molecule has 2 aromatic rings. The van der Waals surface area contributed by atoms with Crippen LogP contribution >= 0.6 is 0 Å². The Morgan fingerprint density at radius 1 is 1.11 bits per heavy atom. The molecule has 1 aliphatic rings. The molecule has 28 heavy (non-hydrogen) atoms. The van der Waals surface area contributed by atoms with Crippen molar-refractivity contribution in [2.45, 2.75) is 19.4 Å². The predicted molar refractivity (Wildman–Crippen MR) is 112 cm³/mol. The number of rotatable bonds is 6. The highest BCUT2D eigenvalue weighted by atomic mass is 16.1. The van der Waals surface area contributed by atoms with Crippen molar-refractivity contribution in [3.8, 4) is 17.2 Å². The number of piperazine rings is 1. The highest BCUT2D eigenvalue weighted by Crippen LogP contribution is 2.23. The van der Waals surface area contributed by atoms with Crippen molar-refractivity contribution in [1.29, 1.82) is 5.26 Å². The van der Waals surface area contributed by atoms with Crippen molar-refractivity contribution in [2.24, 2.45) is 0 Å². The summed E-state index contributed by atoms with van der Waals surface area (Å²) in [6.07, 6.45) is 0.948. The summed E-state index contributed by atoms with van der Waals surface area (Å²) in [5.41, 5.74) is 3.11. The predicted octanol–water partition coefficient (Wildman–Crippen LogP) is 2.98. The van der Waals surface area contributed by atoms with Gasteiger partial charge in [0, 0.05) is 44.3 Å². The summed E-state index contributed by atoms with van der Waals surface area (Å²) >= 11 is 0. The normalized spacial score (nSPS) is 16.3. The minimum absolute atomic E-state index is 0.0503. The molecular weight excluding hydrogens is 348 g/mol. The first-order valence-corrected chi connectivity index (χ1v) is 9.89. The Kier molecular flexibility index (Phi) is 6.80. The van der Waals surface area contributed by atoms with E-state index in [0.29, 0.717) is 23.7 Å². The zero-order valence-electron chi connectivity index (χ0n) is 16.7. The van der Waals surface area contributed by atoms with Crippen LogP contribution in [0.2, 0.25) is 0 Å². The molecule has 1 fully saturated rings. The third-order valence-electron chi connectivity index (χ3n) is 5.51. The van der Waals surface area contributed by atoms with Gasteiger partial charge >= 0.3 is 0 Å². The van der Waals surface area contributed by atoms with Gasteiger partial charge in [-0.05, 0) is 49.7 Å². The second-order valence-electron chi connectivity index (χ2n) is 7.47. The summed E-state index contributed by atoms with van der Waals surface area (Å²) < 4.78 is 0. The number of carbonyl (C=O) groups is 1. The molecule has 146 valence electrons. The van der Waals surface area contributed by atoms with Crippen LogP contribution in [0.25, 0.3) is 11.1 Å². The minimum atomic E-state index is -0.0503. The smallest absolute Gasteiger partial charge is 0.251 e. The molecule has 0 unspecified atom stereocenters. The number of benzene rings is 2. The van der Waals surface area contributed by atoms with Gasteiger partial charge < -0.3 is 10.2 Å². The van der Waals surface area contributed by atoms with E-state index >= 15 is 0 Å². The number of hydrogen-bond acceptors (Lipinski definition) is 4. The topological polar surface area (TPSA) is 59.4 Å². The lowest BCUT2D eigenvalue weighted by Crippen LogP contribution is -2.48. The number of amides is 1. The fraction of sp³-hybridized carbons (Fsp3) is 0.391. The number of nitrogens with one attached hydrogen (secondary N) is 1. The summed E-state index contributed by atoms with van der Waals surface area (Å²) in [5, 5.41) is 12.3. The second kappa shape index (κ2) is 9.50. The van der Waals surface area contributed by atoms with E-state index in [9.17, 15) is 10.1 Å². The van der Waals surface area contributed by atoms with E-state index in [0.717, 1.165) is 43.7 Å². The quantitative estimate of drug-likeness (QED) is 0.842. The molecular formula is C23H28N4O. The molecule has 1 heterocycles. The standard InChI is InChI=1S/C23H28N4O/c1-18(27-15-13-26(2)14-16-27)11-12-25-23(28)20-9-7-19(8-10-20)22-6-4-3-5-21(22)17-24/h3-10,18H,11-16H2,1-2H3,(H,25,28)/t18-/m0/s1. The van der Waals surface area contributed by atoms with Gasteiger partial charge in [-0.2, -0.15) is 5.26 Å². The SMILES string of the molecule is C[C@@H](CCNC(=O)c1ccc(-c2ccccc2C#N)cc1)N1CCN(C)CC1. The number of carbonyl (C=O) groups excluding carboxylic acids is 1. The van der Waals surface area contributed by atoms with E-state index in [-0.39, 0.29) is 5.91 Å². The van der Waals surface area contributed by atoms with Gasteiger partial charge in [-0.1, -0.05) is 30.3 Å². The van der Waals surface area contributed by atoms with Crippen LogP contribution in [0.4, 0.5) is 0 Å². The minimum Gasteiger partial charge on any atom is -0.352 e. The van der Waals surface area contributed by atoms with Gasteiger partial charge in [0.25, 0.3) is 5.91 Å². The van der Waals surface area contributed by atoms with Crippen LogP contribution in [0, 0.1) is 11.3 Å². The van der Waals surface area contributed by atoms with Crippen LogP contribution in [0.1, 0.15) is 29.3 Å². The van der Waals surface area contributed by atoms with Gasteiger partial charge in [0.15, 0.2) is 0 Å². The summed E-state index contributed by atoms with van der Waals surface area (Å²) in [5.74, 6) is -0.0503. The van der Waals surface area contributed by atoms with E-state index in [1.165, 1.54) is 0 Å². The van der Waals surface area contributed by atoms with Crippen LogP contribution in [-0.4, -0.2) is 61.5 Å². The molecule has 3 rings (SSSR count). The average molecular weight is 377 g/mol. The Morgan fingerprint density at radius 3 is 2.46 bits per heavy atom. The first kappa shape index (κ1) is 20.1. The summed E-state index contributed by atoms with van der Waals surface area (Å²) in [7, 11) is 2.16. The highest BCUT2D eigenvalue weighted by molar-refractivity contribution is 5.94. The summed E-state index contributed by atoms with van der Waals surface area (Å²) in [4.78, 5) is 17.3. The molecule has 1 amide bonds. The molecule has 2 aromatic carbocycles. The Morgan fingerprint density at radius 2 is 1.79 bits per heavy atom. The fourth-order valence-corrected chi connectivity index (χ4v) is 3.58. The summed E-state index contributed by atoms with van der Waals surface area (Å²) in [6, 6.07) is 17.6. The van der Waals surface area contributed by atoms with Crippen LogP contribution in [0.5, 0.6) is 0 Å². The Bertz CT molecular complexity index is 832. The van der Waals surface area contributed by atoms with Crippen molar-refractivity contribution < 1.29 is 4.79 Å². The summed E-state index contributed by atoms with van der Waals surface area (Å²) in [6.45, 7) is 7.31. The molecule has 1 aliphatic heterocycles. The average Bonchev–Trinajstić information content (AvgIpc) is 2.74. The molecule has 0 bridgehead atoms. The zero-order valence-corrected chi connectivity index (χ0v) is 16.7. The van der Waals surface area contributed by atoms with Crippen LogP contribution in [0.15, 0.2) is 48.5 Å². The van der Waals surface area contributed by atoms with Crippen molar-refractivity contribution in [1.82, 2.24) is 15.1 Å². The lowest BCUT2D eigenvalue weighted by Gasteiger charge is -2.36. The fourth-order valence-electron chi connectivity index (χ4n) is 3.58. The van der Waals surface area contributed by atoms with Crippen LogP contribution in [-0.2, 0) is 0 Å². The van der Waals surface area contributed by atoms with Gasteiger partial charge in [-0.25, -0.2) is 0 Å². The van der Waals surface area contributed by atoms with Crippen molar-refractivity contribution in [3.63, 3.8) is 0 Å². The molecule has 0 spiro atoms. The Balaban J connectivity index is 1.52. The third kappa shape index (κ3) is 4.98. The molecule has 0 aliphatic carbocycles. The van der Waals surface area contributed by atoms with Gasteiger partial charge in [0.05, 0.1) is 11.6 Å². The number of hydrogen-bond donors (Lipinski definition) is 1. The largest absolute Gasteiger partial charge is 0.352 e. The van der Waals surface area contributed by atoms with E-state index in [4.69, 9.17) is 0 Å². The van der Waals surface area contributed by atoms with E-state index in [2.05, 4.69) is 35.2 Å². The van der Waals surface area contributed by atoms with Crippen molar-refractivity contribution >= 4 is 5.91 Å². The molecule has 0 saturated carbocycles. The zero-order chi connectivity index (χ0) is 19.9. The van der Waals surface area contributed by atoms with Crippen LogP contribution < -0.4 is 5.32 Å². The van der Waals surface area contributed by atoms with Crippen LogP contribution in [0.3, 0.4) is 0 Å². The molecule has 0 aromatic heterocycles. The molecule has 5 nitrogen and oxygen atoms in total. The number of nitrogens with zero attached hydrogens (tertiary/aromatic N) is 3. The van der Waals surface area contributed by atoms with Gasteiger partial charge in [-0.15, -0.1) is 0 Å². The Labute approximate surface area is 167 Å². The first-order valence-electron chi connectivity index (χ1n) is 9.89. The lowest BCUT2D eigenvalue weighted by molar-refractivity contribution is 0.0935. The molecule has 1 N–H and O–H groups in total. The maximum atomic E-state index is 12.4. The van der Waals surface area contributed by atoms with Gasteiger partial charge in [0.1, 0.15) is 0 Å². The number of nitriles is 1. The molecule has 5 heteroatoms. The Hall–Kier alpha value is -2.68. The van der Waals surface area contributed by atoms with Crippen molar-refractivity contribution in [3.05, 3.63) is 59.7 Å². The number of likely N-dealkylation sites (N-methyl/N-ethyl adjacent to an activating group) is 1. The molecule has 0 radical (unpaired) electrons. The molecule has 1 atom stereocenters. The van der Waals surface area contributed by atoms with Gasteiger partial charge in [-0.3, -0.25) is 9.69 Å². The maximum Gasteiger partial charge on any atom is 0.251 e. The first-order chi connectivity index (χ1) is 13.6. The molecule has 1 saturated heterocycles. The third-order valence-corrected chi connectivity index (χ3v) is 5.51. The highest BCUT2D eigenvalue weighted by Gasteiger charge is 2.19. The van der Waals surface area contributed by atoms with E-state index < -0.39 is 0 Å². The van der Waals surface area contributed by atoms with E-state index in [1.807, 2.05) is 42.5 Å². The maximum absolute atomic E-state index is 12.4. The van der Waals surface area contributed by atoms with Gasteiger partial charge in [0.2, 0.25) is 0 Å².